The summed E-state index contributed by atoms with van der Waals surface area (Å²) in [5, 5.41) is 3.26. The van der Waals surface area contributed by atoms with E-state index in [1.54, 1.807) is 11.9 Å². The zero-order chi connectivity index (χ0) is 9.26. The second-order valence-electron chi connectivity index (χ2n) is 3.42. The summed E-state index contributed by atoms with van der Waals surface area (Å²) in [7, 11) is 1.76. The lowest BCUT2D eigenvalue weighted by atomic mass is 10.4. The third-order valence-electron chi connectivity index (χ3n) is 2.52. The van der Waals surface area contributed by atoms with Gasteiger partial charge in [0.1, 0.15) is 0 Å². The van der Waals surface area contributed by atoms with Gasteiger partial charge in [0.15, 0.2) is 12.3 Å². The zero-order valence-corrected chi connectivity index (χ0v) is 7.83. The largest absolute Gasteiger partial charge is 0.340 e. The second kappa shape index (κ2) is 3.49. The Balaban J connectivity index is 1.99. The second-order valence-corrected chi connectivity index (χ2v) is 3.42. The van der Waals surface area contributed by atoms with Gasteiger partial charge in [-0.1, -0.05) is 0 Å². The Morgan fingerprint density at radius 1 is 1.46 bits per heavy atom. The van der Waals surface area contributed by atoms with E-state index in [1.807, 2.05) is 0 Å². The molecular weight excluding hydrogens is 171 g/mol. The van der Waals surface area contributed by atoms with Crippen LogP contribution in [-0.4, -0.2) is 61.8 Å². The zero-order valence-electron chi connectivity index (χ0n) is 7.83. The summed E-state index contributed by atoms with van der Waals surface area (Å²) in [4.78, 5) is 7.94. The van der Waals surface area contributed by atoms with Gasteiger partial charge in [0.05, 0.1) is 6.54 Å². The number of hydrogen-bond acceptors (Lipinski definition) is 4. The van der Waals surface area contributed by atoms with Crippen molar-refractivity contribution in [2.45, 2.75) is 6.30 Å². The van der Waals surface area contributed by atoms with Gasteiger partial charge in [0.25, 0.3) is 0 Å². The van der Waals surface area contributed by atoms with Crippen LogP contribution in [0.15, 0.2) is 4.99 Å². The minimum absolute atomic E-state index is 0.287. The number of halogens is 1. The maximum absolute atomic E-state index is 13.1. The van der Waals surface area contributed by atoms with Crippen LogP contribution in [-0.2, 0) is 0 Å². The summed E-state index contributed by atoms with van der Waals surface area (Å²) in [6.07, 6.45) is -0.926. The molecule has 1 saturated heterocycles. The number of nitrogens with one attached hydrogen (secondary N) is 1. The average Bonchev–Trinajstić information content (AvgIpc) is 2.49. The predicted molar refractivity (Wildman–Crippen MR) is 49.4 cm³/mol. The molecule has 2 rings (SSSR count). The van der Waals surface area contributed by atoms with Crippen LogP contribution in [0.5, 0.6) is 0 Å². The van der Waals surface area contributed by atoms with Crippen molar-refractivity contribution < 1.29 is 4.39 Å². The summed E-state index contributed by atoms with van der Waals surface area (Å²) < 4.78 is 13.1. The molecule has 0 amide bonds. The van der Waals surface area contributed by atoms with Gasteiger partial charge >= 0.3 is 0 Å². The molecule has 2 aliphatic heterocycles. The van der Waals surface area contributed by atoms with Gasteiger partial charge in [-0.25, -0.2) is 9.38 Å². The predicted octanol–water partition coefficient (Wildman–Crippen LogP) is -0.511. The van der Waals surface area contributed by atoms with Crippen LogP contribution in [0.2, 0.25) is 0 Å². The van der Waals surface area contributed by atoms with Crippen molar-refractivity contribution >= 4 is 5.96 Å². The van der Waals surface area contributed by atoms with Crippen molar-refractivity contribution in [1.82, 2.24) is 15.1 Å². The quantitative estimate of drug-likeness (QED) is 0.517. The van der Waals surface area contributed by atoms with Crippen LogP contribution < -0.4 is 5.32 Å². The first kappa shape index (κ1) is 8.74. The van der Waals surface area contributed by atoms with E-state index in [0.717, 1.165) is 32.1 Å². The van der Waals surface area contributed by atoms with Crippen molar-refractivity contribution in [2.24, 2.45) is 4.99 Å². The number of alkyl halides is 1. The molecule has 1 fully saturated rings. The Labute approximate surface area is 77.4 Å². The maximum atomic E-state index is 13.1. The molecule has 4 nitrogen and oxygen atoms in total. The fourth-order valence-corrected chi connectivity index (χ4v) is 1.70. The van der Waals surface area contributed by atoms with Crippen LogP contribution in [0.4, 0.5) is 4.39 Å². The number of piperazine rings is 1. The van der Waals surface area contributed by atoms with Crippen molar-refractivity contribution in [3.05, 3.63) is 0 Å². The minimum Gasteiger partial charge on any atom is -0.340 e. The molecule has 0 aromatic rings. The minimum atomic E-state index is -0.926. The molecule has 1 atom stereocenters. The van der Waals surface area contributed by atoms with Gasteiger partial charge in [-0.3, -0.25) is 0 Å². The molecule has 1 unspecified atom stereocenters. The van der Waals surface area contributed by atoms with E-state index < -0.39 is 6.30 Å². The van der Waals surface area contributed by atoms with Gasteiger partial charge in [-0.15, -0.1) is 0 Å². The van der Waals surface area contributed by atoms with Crippen molar-refractivity contribution in [3.8, 4) is 0 Å². The van der Waals surface area contributed by atoms with E-state index in [2.05, 4.69) is 15.2 Å². The lowest BCUT2D eigenvalue weighted by Crippen LogP contribution is -2.51. The third kappa shape index (κ3) is 1.60. The Kier molecular flexibility index (Phi) is 2.35. The number of rotatable bonds is 0. The Morgan fingerprint density at radius 3 is 2.69 bits per heavy atom. The van der Waals surface area contributed by atoms with Crippen LogP contribution in [0.1, 0.15) is 0 Å². The number of hydrogen-bond donors (Lipinski definition) is 1. The number of aliphatic imine (C=N–C) groups is 1. The first-order chi connectivity index (χ1) is 6.29. The molecule has 5 heteroatoms. The molecule has 0 spiro atoms. The van der Waals surface area contributed by atoms with E-state index in [4.69, 9.17) is 0 Å². The van der Waals surface area contributed by atoms with Crippen LogP contribution in [0.25, 0.3) is 0 Å². The Morgan fingerprint density at radius 2 is 2.15 bits per heavy atom. The summed E-state index contributed by atoms with van der Waals surface area (Å²) in [5.74, 6) is 0.814. The van der Waals surface area contributed by atoms with E-state index in [1.165, 1.54) is 0 Å². The normalized spacial score (nSPS) is 29.4. The summed E-state index contributed by atoms with van der Waals surface area (Å²) in [6.45, 7) is 4.06. The molecule has 13 heavy (non-hydrogen) atoms. The van der Waals surface area contributed by atoms with Crippen molar-refractivity contribution in [1.29, 1.82) is 0 Å². The summed E-state index contributed by atoms with van der Waals surface area (Å²) >= 11 is 0. The molecule has 74 valence electrons. The van der Waals surface area contributed by atoms with Gasteiger partial charge in [-0.05, 0) is 0 Å². The fourth-order valence-electron chi connectivity index (χ4n) is 1.70. The van der Waals surface area contributed by atoms with E-state index in [0.29, 0.717) is 0 Å². The highest BCUT2D eigenvalue weighted by atomic mass is 19.1. The first-order valence-corrected chi connectivity index (χ1v) is 4.66. The molecular formula is C8H15FN4. The molecule has 0 aromatic heterocycles. The number of guanidine groups is 1. The fraction of sp³-hybridized carbons (Fsp3) is 0.875. The molecule has 0 bridgehead atoms. The molecule has 0 aromatic carbocycles. The third-order valence-corrected chi connectivity index (χ3v) is 2.52. The van der Waals surface area contributed by atoms with Crippen molar-refractivity contribution in [2.75, 3.05) is 39.8 Å². The maximum Gasteiger partial charge on any atom is 0.198 e. The number of nitrogens with zero attached hydrogens (tertiary/aromatic N) is 3. The number of likely N-dealkylation sites (N-methyl/N-ethyl adjacent to an activating group) is 1. The van der Waals surface area contributed by atoms with Crippen LogP contribution >= 0.6 is 0 Å². The molecule has 2 aliphatic rings. The van der Waals surface area contributed by atoms with Gasteiger partial charge in [-0.2, -0.15) is 0 Å². The van der Waals surface area contributed by atoms with E-state index in [9.17, 15) is 4.39 Å². The summed E-state index contributed by atoms with van der Waals surface area (Å²) in [5.41, 5.74) is 0. The van der Waals surface area contributed by atoms with Gasteiger partial charge in [0, 0.05) is 33.2 Å². The Hall–Kier alpha value is -0.840. The first-order valence-electron chi connectivity index (χ1n) is 4.66. The molecule has 0 aliphatic carbocycles. The highest BCUT2D eigenvalue weighted by molar-refractivity contribution is 5.81. The summed E-state index contributed by atoms with van der Waals surface area (Å²) in [6, 6.07) is 0. The van der Waals surface area contributed by atoms with E-state index >= 15 is 0 Å². The smallest absolute Gasteiger partial charge is 0.198 e. The monoisotopic (exact) mass is 186 g/mol. The van der Waals surface area contributed by atoms with Crippen LogP contribution in [0, 0.1) is 0 Å². The van der Waals surface area contributed by atoms with Gasteiger partial charge < -0.3 is 15.1 Å². The Bertz CT molecular complexity index is 212. The molecule has 1 N–H and O–H groups in total. The van der Waals surface area contributed by atoms with E-state index in [-0.39, 0.29) is 6.54 Å². The SMILES string of the molecule is CN1C(N2CCNCC2)=NCC1F. The molecule has 0 radical (unpaired) electrons. The standard InChI is InChI=1S/C8H15FN4/c1-12-7(9)6-11-8(12)13-4-2-10-3-5-13/h7,10H,2-6H2,1H3. The van der Waals surface area contributed by atoms with Crippen LogP contribution in [0.3, 0.4) is 0 Å². The van der Waals surface area contributed by atoms with Gasteiger partial charge in [0.2, 0.25) is 0 Å². The average molecular weight is 186 g/mol. The molecule has 0 saturated carbocycles. The topological polar surface area (TPSA) is 30.9 Å². The highest BCUT2D eigenvalue weighted by Crippen LogP contribution is 2.12. The highest BCUT2D eigenvalue weighted by Gasteiger charge is 2.28. The lowest BCUT2D eigenvalue weighted by Gasteiger charge is -2.32. The lowest BCUT2D eigenvalue weighted by molar-refractivity contribution is 0.188. The van der Waals surface area contributed by atoms with Crippen molar-refractivity contribution in [3.63, 3.8) is 0 Å². The molecule has 2 heterocycles.